The number of quaternary nitrogens is 1. The van der Waals surface area contributed by atoms with Gasteiger partial charge in [-0.1, -0.05) is 249 Å². The van der Waals surface area contributed by atoms with Crippen molar-refractivity contribution in [3.05, 3.63) is 48.6 Å². The monoisotopic (exact) mass is 950 g/mol. The molecule has 388 valence electrons. The molecule has 0 aromatic carbocycles. The predicted octanol–water partition coefficient (Wildman–Crippen LogP) is 16.8. The third kappa shape index (κ3) is 50.3. The van der Waals surface area contributed by atoms with Crippen LogP contribution in [0, 0.1) is 0 Å². The largest absolute Gasteiger partial charge is 0.472 e. The van der Waals surface area contributed by atoms with E-state index in [-0.39, 0.29) is 19.1 Å². The van der Waals surface area contributed by atoms with Gasteiger partial charge < -0.3 is 19.8 Å². The molecule has 3 atom stereocenters. The number of hydrogen-bond donors (Lipinski definition) is 3. The van der Waals surface area contributed by atoms with Crippen molar-refractivity contribution in [2.75, 3.05) is 40.9 Å². The van der Waals surface area contributed by atoms with Crippen molar-refractivity contribution < 1.29 is 32.9 Å². The van der Waals surface area contributed by atoms with E-state index in [0.29, 0.717) is 17.4 Å². The lowest BCUT2D eigenvalue weighted by molar-refractivity contribution is -0.870. The van der Waals surface area contributed by atoms with Crippen molar-refractivity contribution in [2.45, 2.75) is 270 Å². The van der Waals surface area contributed by atoms with Gasteiger partial charge in [0.1, 0.15) is 13.2 Å². The number of nitrogens with zero attached hydrogens (tertiary/aromatic N) is 1. The Morgan fingerprint density at radius 1 is 0.530 bits per heavy atom. The van der Waals surface area contributed by atoms with Gasteiger partial charge >= 0.3 is 7.82 Å². The van der Waals surface area contributed by atoms with Crippen LogP contribution in [0.3, 0.4) is 0 Å². The Morgan fingerprint density at radius 2 is 0.909 bits per heavy atom. The molecule has 0 saturated carbocycles. The number of nitrogens with one attached hydrogen (secondary N) is 1. The molecule has 0 bridgehead atoms. The van der Waals surface area contributed by atoms with Gasteiger partial charge in [0.25, 0.3) is 0 Å². The van der Waals surface area contributed by atoms with Crippen LogP contribution in [0.2, 0.25) is 0 Å². The number of carbonyl (C=O) groups excluding carboxylic acids is 1. The number of hydrogen-bond acceptors (Lipinski definition) is 5. The Balaban J connectivity index is 4.20. The number of phosphoric acid groups is 1. The van der Waals surface area contributed by atoms with E-state index in [0.717, 1.165) is 64.2 Å². The summed E-state index contributed by atoms with van der Waals surface area (Å²) in [5, 5.41) is 13.9. The fourth-order valence-electron chi connectivity index (χ4n) is 8.18. The van der Waals surface area contributed by atoms with Crippen molar-refractivity contribution in [1.82, 2.24) is 5.32 Å². The number of aliphatic hydroxyl groups is 1. The van der Waals surface area contributed by atoms with Crippen LogP contribution in [0.4, 0.5) is 0 Å². The first-order valence-electron chi connectivity index (χ1n) is 28.0. The summed E-state index contributed by atoms with van der Waals surface area (Å²) in [4.78, 5) is 23.3. The third-order valence-corrected chi connectivity index (χ3v) is 13.5. The summed E-state index contributed by atoms with van der Waals surface area (Å²) in [6, 6.07) is -0.853. The molecule has 8 nitrogen and oxygen atoms in total. The summed E-state index contributed by atoms with van der Waals surface area (Å²) < 4.78 is 23.7. The van der Waals surface area contributed by atoms with Crippen LogP contribution in [0.25, 0.3) is 0 Å². The zero-order valence-corrected chi connectivity index (χ0v) is 45.1. The highest BCUT2D eigenvalue weighted by Gasteiger charge is 2.27. The van der Waals surface area contributed by atoms with Crippen LogP contribution in [-0.2, 0) is 18.4 Å². The Morgan fingerprint density at radius 3 is 1.33 bits per heavy atom. The molecule has 1 amide bonds. The zero-order valence-electron chi connectivity index (χ0n) is 44.2. The van der Waals surface area contributed by atoms with Gasteiger partial charge in [0.05, 0.1) is 39.9 Å². The second kappa shape index (κ2) is 48.5. The number of allylic oxidation sites excluding steroid dienone is 7. The lowest BCUT2D eigenvalue weighted by atomic mass is 10.0. The van der Waals surface area contributed by atoms with Gasteiger partial charge in [0.2, 0.25) is 5.91 Å². The molecule has 0 aromatic heterocycles. The Labute approximate surface area is 409 Å². The Kier molecular flexibility index (Phi) is 47.4. The van der Waals surface area contributed by atoms with Crippen molar-refractivity contribution in [1.29, 1.82) is 0 Å². The van der Waals surface area contributed by atoms with Gasteiger partial charge in [-0.05, 0) is 51.4 Å². The molecule has 0 heterocycles. The summed E-state index contributed by atoms with van der Waals surface area (Å²) in [6.07, 6.45) is 63.5. The van der Waals surface area contributed by atoms with Gasteiger partial charge in [0, 0.05) is 6.42 Å². The average Bonchev–Trinajstić information content (AvgIpc) is 3.28. The predicted molar refractivity (Wildman–Crippen MR) is 286 cm³/mol. The maximum Gasteiger partial charge on any atom is 0.472 e. The van der Waals surface area contributed by atoms with E-state index < -0.39 is 20.0 Å². The van der Waals surface area contributed by atoms with Gasteiger partial charge in [0.15, 0.2) is 0 Å². The molecule has 0 radical (unpaired) electrons. The lowest BCUT2D eigenvalue weighted by Crippen LogP contribution is -2.45. The summed E-state index contributed by atoms with van der Waals surface area (Å²) in [5.41, 5.74) is 0. The van der Waals surface area contributed by atoms with Crippen molar-refractivity contribution in [2.24, 2.45) is 0 Å². The number of phosphoric ester groups is 1. The second-order valence-electron chi connectivity index (χ2n) is 20.3. The number of rotatable bonds is 51. The highest BCUT2D eigenvalue weighted by Crippen LogP contribution is 2.43. The molecular formula is C57H110N2O6P+. The maximum absolute atomic E-state index is 12.9. The third-order valence-electron chi connectivity index (χ3n) is 12.6. The van der Waals surface area contributed by atoms with E-state index in [1.54, 1.807) is 6.08 Å². The molecule has 0 aromatic rings. The standard InChI is InChI=1S/C57H109N2O6P/c1-6-8-10-12-14-16-18-20-22-24-25-26-27-28-29-30-31-32-33-35-36-38-40-42-44-46-48-50-56(60)55(54-65-66(62,63)64-53-52-59(3,4)5)58-57(61)51-49-47-45-43-41-39-37-34-23-21-19-17-15-13-11-9-7-2/h9,11,15,17,21,23,48,50,55-56,60H,6-8,10,12-14,16,18-20,22,24-47,49,51-54H2,1-5H3,(H-,58,61,62,63)/p+1/b11-9-,17-15-,23-21-,50-48+. The molecule has 9 heteroatoms. The highest BCUT2D eigenvalue weighted by atomic mass is 31.2. The topological polar surface area (TPSA) is 105 Å². The molecular weight excluding hydrogens is 840 g/mol. The van der Waals surface area contributed by atoms with Crippen molar-refractivity contribution in [3.63, 3.8) is 0 Å². The highest BCUT2D eigenvalue weighted by molar-refractivity contribution is 7.47. The van der Waals surface area contributed by atoms with Crippen LogP contribution in [0.1, 0.15) is 258 Å². The molecule has 0 rings (SSSR count). The van der Waals surface area contributed by atoms with Gasteiger partial charge in [-0.2, -0.15) is 0 Å². The van der Waals surface area contributed by atoms with Crippen LogP contribution in [-0.4, -0.2) is 73.4 Å². The first-order chi connectivity index (χ1) is 32.0. The number of carbonyl (C=O) groups is 1. The quantitative estimate of drug-likeness (QED) is 0.0243. The summed E-state index contributed by atoms with van der Waals surface area (Å²) in [6.45, 7) is 4.72. The first-order valence-corrected chi connectivity index (χ1v) is 29.5. The number of unbranched alkanes of at least 4 members (excludes halogenated alkanes) is 32. The van der Waals surface area contributed by atoms with E-state index in [1.165, 1.54) is 173 Å². The lowest BCUT2D eigenvalue weighted by Gasteiger charge is -2.25. The van der Waals surface area contributed by atoms with Gasteiger partial charge in [-0.25, -0.2) is 4.57 Å². The summed E-state index contributed by atoms with van der Waals surface area (Å²) >= 11 is 0. The summed E-state index contributed by atoms with van der Waals surface area (Å²) in [5.74, 6) is -0.186. The van der Waals surface area contributed by atoms with Gasteiger partial charge in [-0.3, -0.25) is 13.8 Å². The molecule has 3 N–H and O–H groups in total. The minimum atomic E-state index is -4.35. The molecule has 0 spiro atoms. The second-order valence-corrected chi connectivity index (χ2v) is 21.7. The van der Waals surface area contributed by atoms with Crippen LogP contribution in [0.15, 0.2) is 48.6 Å². The van der Waals surface area contributed by atoms with E-state index in [1.807, 2.05) is 27.2 Å². The smallest absolute Gasteiger partial charge is 0.387 e. The molecule has 0 aliphatic rings. The SMILES string of the molecule is CC/C=C\C/C=C\C/C=C\CCCCCCCCCC(=O)NC(COP(=O)(O)OCC[N+](C)(C)C)C(O)/C=C/CCCCCCCCCCCCCCCCCCCCCCCCCCC. The molecule has 66 heavy (non-hydrogen) atoms. The van der Waals surface area contributed by atoms with E-state index >= 15 is 0 Å². The molecule has 0 saturated heterocycles. The molecule has 0 aliphatic carbocycles. The van der Waals surface area contributed by atoms with E-state index in [4.69, 9.17) is 9.05 Å². The minimum absolute atomic E-state index is 0.0584. The molecule has 3 unspecified atom stereocenters. The Hall–Kier alpha value is -1.54. The van der Waals surface area contributed by atoms with Crippen LogP contribution in [0.5, 0.6) is 0 Å². The maximum atomic E-state index is 12.9. The van der Waals surface area contributed by atoms with Crippen molar-refractivity contribution >= 4 is 13.7 Å². The van der Waals surface area contributed by atoms with Crippen LogP contribution < -0.4 is 5.32 Å². The summed E-state index contributed by atoms with van der Waals surface area (Å²) in [7, 11) is 1.57. The van der Waals surface area contributed by atoms with E-state index in [9.17, 15) is 19.4 Å². The van der Waals surface area contributed by atoms with E-state index in [2.05, 4.69) is 55.6 Å². The minimum Gasteiger partial charge on any atom is -0.387 e. The fourth-order valence-corrected chi connectivity index (χ4v) is 8.91. The first kappa shape index (κ1) is 64.5. The van der Waals surface area contributed by atoms with Crippen molar-refractivity contribution in [3.8, 4) is 0 Å². The number of aliphatic hydroxyl groups excluding tert-OH is 1. The number of amides is 1. The Bertz CT molecular complexity index is 1210. The van der Waals surface area contributed by atoms with Crippen LogP contribution >= 0.6 is 7.82 Å². The van der Waals surface area contributed by atoms with Gasteiger partial charge in [-0.15, -0.1) is 0 Å². The average molecular weight is 950 g/mol. The zero-order chi connectivity index (χ0) is 48.5. The normalized spacial score (nSPS) is 14.3. The molecule has 0 fully saturated rings. The molecule has 0 aliphatic heterocycles. The number of likely N-dealkylation sites (N-methyl/N-ethyl adjacent to an activating group) is 1. The fraction of sp³-hybridized carbons (Fsp3) is 0.842.